The molecule has 0 unspecified atom stereocenters. The highest BCUT2D eigenvalue weighted by Gasteiger charge is 2.16. The summed E-state index contributed by atoms with van der Waals surface area (Å²) in [6.45, 7) is 7.20. The number of nitrogens with one attached hydrogen (secondary N) is 2. The van der Waals surface area contributed by atoms with Crippen molar-refractivity contribution in [2.75, 3.05) is 26.3 Å². The summed E-state index contributed by atoms with van der Waals surface area (Å²) in [5.74, 6) is 2.07. The molecule has 0 saturated carbocycles. The summed E-state index contributed by atoms with van der Waals surface area (Å²) in [5, 5.41) is 10.3. The molecule has 148 valence electrons. The van der Waals surface area contributed by atoms with Crippen LogP contribution in [0, 0.1) is 6.92 Å². The number of hydrogen-bond acceptors (Lipinski definition) is 5. The summed E-state index contributed by atoms with van der Waals surface area (Å²) in [7, 11) is 0. The van der Waals surface area contributed by atoms with Crippen LogP contribution in [0.15, 0.2) is 22.5 Å². The Morgan fingerprint density at radius 2 is 2.11 bits per heavy atom. The lowest BCUT2D eigenvalue weighted by molar-refractivity contribution is 0.171. The van der Waals surface area contributed by atoms with Crippen LogP contribution in [0.4, 0.5) is 0 Å². The summed E-state index contributed by atoms with van der Waals surface area (Å²) in [6.07, 6.45) is 0.866. The molecule has 0 bridgehead atoms. The second-order valence-corrected chi connectivity index (χ2v) is 7.30. The molecule has 27 heavy (non-hydrogen) atoms. The minimum atomic E-state index is 0. The van der Waals surface area contributed by atoms with Crippen molar-refractivity contribution in [3.8, 4) is 11.5 Å². The number of nitrogens with zero attached hydrogens (tertiary/aromatic N) is 2. The number of halogens is 2. The Hall–Kier alpha value is -1.26. The monoisotopic (exact) mass is 522 g/mol. The number of aliphatic imine (C=N–C) groups is 1. The van der Waals surface area contributed by atoms with Gasteiger partial charge in [-0.2, -0.15) is 0 Å². The van der Waals surface area contributed by atoms with Crippen LogP contribution in [0.2, 0.25) is 5.02 Å². The lowest BCUT2D eigenvalue weighted by Gasteiger charge is -2.20. The van der Waals surface area contributed by atoms with Crippen molar-refractivity contribution < 1.29 is 9.47 Å². The van der Waals surface area contributed by atoms with Gasteiger partial charge in [-0.3, -0.25) is 0 Å². The zero-order valence-electron chi connectivity index (χ0n) is 15.4. The molecule has 6 nitrogen and oxygen atoms in total. The molecule has 1 aromatic heterocycles. The molecule has 0 saturated heterocycles. The lowest BCUT2D eigenvalue weighted by Crippen LogP contribution is -2.38. The number of fused-ring (bicyclic) bond motifs is 1. The van der Waals surface area contributed by atoms with E-state index in [1.165, 1.54) is 0 Å². The highest BCUT2D eigenvalue weighted by atomic mass is 127. The second-order valence-electron chi connectivity index (χ2n) is 5.83. The average Bonchev–Trinajstić information content (AvgIpc) is 3.05. The first-order valence-corrected chi connectivity index (χ1v) is 9.92. The van der Waals surface area contributed by atoms with Crippen LogP contribution in [0.1, 0.15) is 23.2 Å². The van der Waals surface area contributed by atoms with Gasteiger partial charge in [0.25, 0.3) is 0 Å². The third-order valence-corrected chi connectivity index (χ3v) is 4.86. The van der Waals surface area contributed by atoms with E-state index >= 15 is 0 Å². The van der Waals surface area contributed by atoms with Gasteiger partial charge >= 0.3 is 0 Å². The van der Waals surface area contributed by atoms with Crippen molar-refractivity contribution in [2.45, 2.75) is 26.8 Å². The van der Waals surface area contributed by atoms with Crippen LogP contribution in [0.5, 0.6) is 11.5 Å². The molecule has 2 N–H and O–H groups in total. The van der Waals surface area contributed by atoms with Gasteiger partial charge in [0.15, 0.2) is 17.5 Å². The fourth-order valence-electron chi connectivity index (χ4n) is 2.60. The fourth-order valence-corrected chi connectivity index (χ4v) is 3.53. The molecular formula is C18H24ClIN4O2S. The van der Waals surface area contributed by atoms with E-state index in [-0.39, 0.29) is 24.0 Å². The van der Waals surface area contributed by atoms with E-state index in [0.29, 0.717) is 36.3 Å². The maximum Gasteiger partial charge on any atom is 0.191 e. The van der Waals surface area contributed by atoms with Crippen molar-refractivity contribution in [3.05, 3.63) is 38.8 Å². The van der Waals surface area contributed by atoms with Gasteiger partial charge in [-0.1, -0.05) is 11.6 Å². The van der Waals surface area contributed by atoms with Crippen LogP contribution in [0.3, 0.4) is 0 Å². The van der Waals surface area contributed by atoms with Gasteiger partial charge < -0.3 is 20.1 Å². The Morgan fingerprint density at radius 3 is 2.85 bits per heavy atom. The van der Waals surface area contributed by atoms with E-state index < -0.39 is 0 Å². The molecule has 0 atom stereocenters. The first-order chi connectivity index (χ1) is 12.7. The van der Waals surface area contributed by atoms with Gasteiger partial charge in [0.1, 0.15) is 13.2 Å². The number of rotatable bonds is 6. The van der Waals surface area contributed by atoms with Crippen molar-refractivity contribution in [1.29, 1.82) is 0 Å². The van der Waals surface area contributed by atoms with Crippen molar-refractivity contribution in [2.24, 2.45) is 4.99 Å². The number of aromatic nitrogens is 1. The SMILES string of the molecule is CCNC(=NCc1cc(Cl)c2c(c1)OCCO2)NCCc1csc(C)n1.I. The fraction of sp³-hybridized carbons (Fsp3) is 0.444. The van der Waals surface area contributed by atoms with E-state index in [9.17, 15) is 0 Å². The minimum Gasteiger partial charge on any atom is -0.486 e. The van der Waals surface area contributed by atoms with Crippen LogP contribution in [0.25, 0.3) is 0 Å². The van der Waals surface area contributed by atoms with Gasteiger partial charge in [0, 0.05) is 24.9 Å². The largest absolute Gasteiger partial charge is 0.486 e. The quantitative estimate of drug-likeness (QED) is 0.343. The van der Waals surface area contributed by atoms with Gasteiger partial charge in [-0.25, -0.2) is 9.98 Å². The zero-order chi connectivity index (χ0) is 18.4. The van der Waals surface area contributed by atoms with E-state index in [2.05, 4.69) is 26.0 Å². The van der Waals surface area contributed by atoms with Crippen molar-refractivity contribution in [3.63, 3.8) is 0 Å². The molecule has 2 heterocycles. The number of guanidine groups is 1. The Morgan fingerprint density at radius 1 is 1.30 bits per heavy atom. The minimum absolute atomic E-state index is 0. The van der Waals surface area contributed by atoms with Crippen molar-refractivity contribution in [1.82, 2.24) is 15.6 Å². The van der Waals surface area contributed by atoms with Crippen LogP contribution in [-0.4, -0.2) is 37.2 Å². The first-order valence-electron chi connectivity index (χ1n) is 8.67. The van der Waals surface area contributed by atoms with E-state index in [4.69, 9.17) is 21.1 Å². The molecule has 1 aliphatic heterocycles. The Labute approximate surface area is 185 Å². The molecule has 1 aliphatic rings. The van der Waals surface area contributed by atoms with Gasteiger partial charge in [0.05, 0.1) is 22.3 Å². The first kappa shape index (κ1) is 22.0. The highest BCUT2D eigenvalue weighted by molar-refractivity contribution is 14.0. The third-order valence-electron chi connectivity index (χ3n) is 3.76. The standard InChI is InChI=1S/C18H23ClN4O2S.HI/c1-3-20-18(21-5-4-14-11-26-12(2)23-14)22-10-13-8-15(19)17-16(9-13)24-6-7-25-17;/h8-9,11H,3-7,10H2,1-2H3,(H2,20,21,22);1H. The third kappa shape index (κ3) is 6.39. The number of ether oxygens (including phenoxy) is 2. The molecule has 0 fully saturated rings. The molecule has 0 radical (unpaired) electrons. The summed E-state index contributed by atoms with van der Waals surface area (Å²) in [5.41, 5.74) is 2.08. The van der Waals surface area contributed by atoms with Gasteiger partial charge in [-0.15, -0.1) is 35.3 Å². The summed E-state index contributed by atoms with van der Waals surface area (Å²) < 4.78 is 11.2. The zero-order valence-corrected chi connectivity index (χ0v) is 19.3. The number of benzene rings is 1. The van der Waals surface area contributed by atoms with Gasteiger partial charge in [-0.05, 0) is 31.5 Å². The summed E-state index contributed by atoms with van der Waals surface area (Å²) in [6, 6.07) is 3.81. The van der Waals surface area contributed by atoms with E-state index in [1.54, 1.807) is 11.3 Å². The lowest BCUT2D eigenvalue weighted by atomic mass is 10.2. The van der Waals surface area contributed by atoms with E-state index in [1.807, 2.05) is 26.0 Å². The topological polar surface area (TPSA) is 67.8 Å². The van der Waals surface area contributed by atoms with Crippen LogP contribution in [-0.2, 0) is 13.0 Å². The Kier molecular flexibility index (Phi) is 8.91. The maximum atomic E-state index is 6.29. The Balaban J connectivity index is 0.00000261. The van der Waals surface area contributed by atoms with Crippen LogP contribution >= 0.6 is 46.9 Å². The number of thiazole rings is 1. The summed E-state index contributed by atoms with van der Waals surface area (Å²) in [4.78, 5) is 9.11. The predicted octanol–water partition coefficient (Wildman–Crippen LogP) is 3.79. The summed E-state index contributed by atoms with van der Waals surface area (Å²) >= 11 is 7.96. The molecule has 0 aliphatic carbocycles. The molecule has 0 spiro atoms. The molecule has 3 rings (SSSR count). The van der Waals surface area contributed by atoms with E-state index in [0.717, 1.165) is 41.7 Å². The normalized spacial score (nSPS) is 13.1. The molecule has 1 aromatic carbocycles. The second kappa shape index (κ2) is 10.9. The number of hydrogen-bond donors (Lipinski definition) is 2. The predicted molar refractivity (Wildman–Crippen MR) is 121 cm³/mol. The Bertz CT molecular complexity index is 785. The molecule has 2 aromatic rings. The van der Waals surface area contributed by atoms with Crippen molar-refractivity contribution >= 4 is 52.9 Å². The van der Waals surface area contributed by atoms with Gasteiger partial charge in [0.2, 0.25) is 0 Å². The molecule has 9 heteroatoms. The number of aryl methyl sites for hydroxylation is 1. The molecular weight excluding hydrogens is 499 g/mol. The average molecular weight is 523 g/mol. The molecule has 0 amide bonds. The maximum absolute atomic E-state index is 6.29. The smallest absolute Gasteiger partial charge is 0.191 e. The van der Waals surface area contributed by atoms with Crippen LogP contribution < -0.4 is 20.1 Å². The highest BCUT2D eigenvalue weighted by Crippen LogP contribution is 2.38.